The normalized spacial score (nSPS) is 16.5. The predicted octanol–water partition coefficient (Wildman–Crippen LogP) is 4.56. The minimum absolute atomic E-state index is 0.128. The molecule has 0 bridgehead atoms. The number of hydrogen-bond donors (Lipinski definition) is 1. The summed E-state index contributed by atoms with van der Waals surface area (Å²) in [4.78, 5) is 37.8. The van der Waals surface area contributed by atoms with Crippen LogP contribution in [0.15, 0.2) is 24.3 Å². The number of aromatic nitrogens is 2. The van der Waals surface area contributed by atoms with Gasteiger partial charge in [-0.15, -0.1) is 11.3 Å². The first kappa shape index (κ1) is 19.2. The van der Waals surface area contributed by atoms with E-state index in [-0.39, 0.29) is 11.8 Å². The fourth-order valence-corrected chi connectivity index (χ4v) is 5.26. The molecule has 0 radical (unpaired) electrons. The Morgan fingerprint density at radius 1 is 1.27 bits per heavy atom. The molecule has 2 aliphatic rings. The summed E-state index contributed by atoms with van der Waals surface area (Å²) in [5.41, 5.74) is 3.65. The second-order valence-corrected chi connectivity index (χ2v) is 9.25. The minimum atomic E-state index is -0.128. The lowest BCUT2D eigenvalue weighted by Crippen LogP contribution is -2.23. The molecule has 0 spiro atoms. The Kier molecular flexibility index (Phi) is 4.77. The van der Waals surface area contributed by atoms with Gasteiger partial charge in [0.2, 0.25) is 5.91 Å². The number of carbonyl (C=O) groups is 2. The van der Waals surface area contributed by atoms with Gasteiger partial charge in [-0.1, -0.05) is 12.1 Å². The Hall–Kier alpha value is -2.80. The molecule has 1 N–H and O–H groups in total. The molecule has 0 unspecified atom stereocenters. The average Bonchev–Trinajstić information content (AvgIpc) is 3.41. The van der Waals surface area contributed by atoms with Crippen LogP contribution in [0.3, 0.4) is 0 Å². The van der Waals surface area contributed by atoms with Crippen molar-refractivity contribution in [3.63, 3.8) is 0 Å². The molecule has 1 aliphatic heterocycles. The summed E-state index contributed by atoms with van der Waals surface area (Å²) < 4.78 is 0. The maximum Gasteiger partial charge on any atom is 0.266 e. The highest BCUT2D eigenvalue weighted by Crippen LogP contribution is 2.40. The van der Waals surface area contributed by atoms with E-state index in [1.54, 1.807) is 0 Å². The molecule has 1 aliphatic carbocycles. The highest BCUT2D eigenvalue weighted by Gasteiger charge is 2.28. The SMILES string of the molecule is Cc1nc(C2CC2)nc2sc(C(=O)Nc3cccc(CN4CCCC4=O)c3)c(C)c12. The number of anilines is 1. The third-order valence-electron chi connectivity index (χ3n) is 5.87. The number of nitrogens with one attached hydrogen (secondary N) is 1. The van der Waals surface area contributed by atoms with Crippen molar-refractivity contribution < 1.29 is 9.59 Å². The van der Waals surface area contributed by atoms with Gasteiger partial charge in [-0.05, 0) is 56.4 Å². The van der Waals surface area contributed by atoms with Crippen molar-refractivity contribution in [2.24, 2.45) is 0 Å². The Morgan fingerprint density at radius 2 is 2.10 bits per heavy atom. The van der Waals surface area contributed by atoms with E-state index >= 15 is 0 Å². The van der Waals surface area contributed by atoms with Gasteiger partial charge in [-0.25, -0.2) is 9.97 Å². The van der Waals surface area contributed by atoms with E-state index in [1.807, 2.05) is 43.0 Å². The molecule has 30 heavy (non-hydrogen) atoms. The van der Waals surface area contributed by atoms with Gasteiger partial charge in [0.1, 0.15) is 10.7 Å². The van der Waals surface area contributed by atoms with Crippen molar-refractivity contribution in [3.8, 4) is 0 Å². The summed E-state index contributed by atoms with van der Waals surface area (Å²) in [6.45, 7) is 5.36. The fourth-order valence-electron chi connectivity index (χ4n) is 4.13. The van der Waals surface area contributed by atoms with Gasteiger partial charge in [0.15, 0.2) is 0 Å². The molecule has 2 aromatic heterocycles. The smallest absolute Gasteiger partial charge is 0.266 e. The van der Waals surface area contributed by atoms with Crippen LogP contribution < -0.4 is 5.32 Å². The molecule has 1 saturated heterocycles. The van der Waals surface area contributed by atoms with Crippen LogP contribution in [0.5, 0.6) is 0 Å². The quantitative estimate of drug-likeness (QED) is 0.657. The molecule has 7 heteroatoms. The zero-order valence-electron chi connectivity index (χ0n) is 17.2. The van der Waals surface area contributed by atoms with Crippen LogP contribution in [0.4, 0.5) is 5.69 Å². The van der Waals surface area contributed by atoms with E-state index in [0.717, 1.165) is 64.4 Å². The number of rotatable bonds is 5. The molecular formula is C23H24N4O2S. The maximum atomic E-state index is 13.0. The average molecular weight is 421 g/mol. The van der Waals surface area contributed by atoms with E-state index < -0.39 is 0 Å². The standard InChI is InChI=1S/C23H24N4O2S/c1-13-19-14(2)24-21(16-8-9-16)26-23(19)30-20(13)22(29)25-17-6-3-5-15(11-17)12-27-10-4-7-18(27)28/h3,5-6,11,16H,4,7-10,12H2,1-2H3,(H,25,29). The molecule has 0 atom stereocenters. The number of likely N-dealkylation sites (tertiary alicyclic amines) is 1. The van der Waals surface area contributed by atoms with Crippen molar-refractivity contribution >= 4 is 39.1 Å². The third-order valence-corrected chi connectivity index (χ3v) is 7.05. The zero-order chi connectivity index (χ0) is 20.8. The predicted molar refractivity (Wildman–Crippen MR) is 118 cm³/mol. The number of thiophene rings is 1. The second kappa shape index (κ2) is 7.47. The molecule has 2 amide bonds. The number of benzene rings is 1. The molecule has 6 nitrogen and oxygen atoms in total. The molecule has 154 valence electrons. The molecule has 5 rings (SSSR count). The highest BCUT2D eigenvalue weighted by atomic mass is 32.1. The highest BCUT2D eigenvalue weighted by molar-refractivity contribution is 7.20. The van der Waals surface area contributed by atoms with Gasteiger partial charge in [-0.3, -0.25) is 9.59 Å². The molecule has 3 aromatic rings. The van der Waals surface area contributed by atoms with Gasteiger partial charge in [-0.2, -0.15) is 0 Å². The van der Waals surface area contributed by atoms with E-state index in [2.05, 4.69) is 10.3 Å². The first-order valence-corrected chi connectivity index (χ1v) is 11.3. The number of amides is 2. The monoisotopic (exact) mass is 420 g/mol. The summed E-state index contributed by atoms with van der Waals surface area (Å²) in [5, 5.41) is 4.02. The van der Waals surface area contributed by atoms with Crippen molar-refractivity contribution in [3.05, 3.63) is 51.8 Å². The zero-order valence-corrected chi connectivity index (χ0v) is 18.0. The summed E-state index contributed by atoms with van der Waals surface area (Å²) >= 11 is 1.44. The van der Waals surface area contributed by atoms with Gasteiger partial charge < -0.3 is 10.2 Å². The van der Waals surface area contributed by atoms with Gasteiger partial charge in [0.05, 0.1) is 10.6 Å². The third kappa shape index (κ3) is 3.58. The number of aryl methyl sites for hydroxylation is 2. The van der Waals surface area contributed by atoms with Gasteiger partial charge in [0.25, 0.3) is 5.91 Å². The topological polar surface area (TPSA) is 75.2 Å². The summed E-state index contributed by atoms with van der Waals surface area (Å²) in [6, 6.07) is 7.74. The number of nitrogens with zero attached hydrogens (tertiary/aromatic N) is 3. The van der Waals surface area contributed by atoms with Crippen LogP contribution in [0, 0.1) is 13.8 Å². The van der Waals surface area contributed by atoms with Gasteiger partial charge in [0, 0.05) is 36.5 Å². The first-order chi connectivity index (χ1) is 14.5. The van der Waals surface area contributed by atoms with Crippen LogP contribution in [-0.2, 0) is 11.3 Å². The second-order valence-electron chi connectivity index (χ2n) is 8.25. The van der Waals surface area contributed by atoms with E-state index in [0.29, 0.717) is 23.8 Å². The Bertz CT molecular complexity index is 1170. The lowest BCUT2D eigenvalue weighted by atomic mass is 10.1. The van der Waals surface area contributed by atoms with Crippen LogP contribution in [0.1, 0.15) is 63.9 Å². The Labute approximate surface area is 179 Å². The minimum Gasteiger partial charge on any atom is -0.338 e. The van der Waals surface area contributed by atoms with E-state index in [9.17, 15) is 9.59 Å². The molecule has 1 aromatic carbocycles. The largest absolute Gasteiger partial charge is 0.338 e. The number of carbonyl (C=O) groups excluding carboxylic acids is 2. The van der Waals surface area contributed by atoms with E-state index in [4.69, 9.17) is 4.98 Å². The molecule has 3 heterocycles. The van der Waals surface area contributed by atoms with Crippen molar-refractivity contribution in [1.29, 1.82) is 0 Å². The van der Waals surface area contributed by atoms with Crippen molar-refractivity contribution in [2.75, 3.05) is 11.9 Å². The van der Waals surface area contributed by atoms with Crippen LogP contribution >= 0.6 is 11.3 Å². The first-order valence-electron chi connectivity index (χ1n) is 10.5. The number of hydrogen-bond acceptors (Lipinski definition) is 5. The van der Waals surface area contributed by atoms with Crippen LogP contribution in [0.2, 0.25) is 0 Å². The van der Waals surface area contributed by atoms with Crippen molar-refractivity contribution in [1.82, 2.24) is 14.9 Å². The molecule has 1 saturated carbocycles. The van der Waals surface area contributed by atoms with Crippen LogP contribution in [0.25, 0.3) is 10.2 Å². The Morgan fingerprint density at radius 3 is 2.83 bits per heavy atom. The Balaban J connectivity index is 1.38. The van der Waals surface area contributed by atoms with E-state index in [1.165, 1.54) is 11.3 Å². The summed E-state index contributed by atoms with van der Waals surface area (Å²) in [6.07, 6.45) is 3.86. The van der Waals surface area contributed by atoms with Gasteiger partial charge >= 0.3 is 0 Å². The summed E-state index contributed by atoms with van der Waals surface area (Å²) in [5.74, 6) is 1.47. The molecule has 2 fully saturated rings. The number of fused-ring (bicyclic) bond motifs is 1. The van der Waals surface area contributed by atoms with Crippen LogP contribution in [-0.4, -0.2) is 33.2 Å². The summed E-state index contributed by atoms with van der Waals surface area (Å²) in [7, 11) is 0. The van der Waals surface area contributed by atoms with Crippen molar-refractivity contribution in [2.45, 2.75) is 52.0 Å². The lowest BCUT2D eigenvalue weighted by molar-refractivity contribution is -0.128. The molecular weight excluding hydrogens is 396 g/mol. The fraction of sp³-hybridized carbons (Fsp3) is 0.391. The maximum absolute atomic E-state index is 13.0. The lowest BCUT2D eigenvalue weighted by Gasteiger charge is -2.16.